The second-order valence-electron chi connectivity index (χ2n) is 8.58. The lowest BCUT2D eigenvalue weighted by Crippen LogP contribution is -2.32. The molecule has 7 heteroatoms. The fraction of sp³-hybridized carbons (Fsp3) is 0.385. The fourth-order valence-corrected chi connectivity index (χ4v) is 4.91. The Bertz CT molecular complexity index is 1140. The summed E-state index contributed by atoms with van der Waals surface area (Å²) < 4.78 is 16.5. The van der Waals surface area contributed by atoms with Gasteiger partial charge in [-0.3, -0.25) is 9.59 Å². The Labute approximate surface area is 192 Å². The first kappa shape index (κ1) is 21.5. The summed E-state index contributed by atoms with van der Waals surface area (Å²) in [7, 11) is 1.54. The summed E-state index contributed by atoms with van der Waals surface area (Å²) in [5.74, 6) is -0.312. The van der Waals surface area contributed by atoms with E-state index >= 15 is 0 Å². The van der Waals surface area contributed by atoms with Crippen LogP contribution in [0.5, 0.6) is 11.5 Å². The lowest BCUT2D eigenvalue weighted by molar-refractivity contribution is -0.140. The largest absolute Gasteiger partial charge is 0.507 e. The number of ketones is 1. The number of likely N-dealkylation sites (tertiary alicyclic amines) is 1. The van der Waals surface area contributed by atoms with Crippen LogP contribution in [0, 0.1) is 0 Å². The third kappa shape index (κ3) is 3.86. The van der Waals surface area contributed by atoms with E-state index in [1.807, 2.05) is 24.3 Å². The van der Waals surface area contributed by atoms with Crippen molar-refractivity contribution in [3.8, 4) is 11.5 Å². The molecule has 2 aromatic rings. The van der Waals surface area contributed by atoms with Crippen LogP contribution in [0.15, 0.2) is 42.0 Å². The van der Waals surface area contributed by atoms with Crippen molar-refractivity contribution in [3.05, 3.63) is 64.2 Å². The Morgan fingerprint density at radius 2 is 1.79 bits per heavy atom. The van der Waals surface area contributed by atoms with Crippen LogP contribution in [0.4, 0.5) is 0 Å². The molecule has 0 aromatic heterocycles. The molecule has 0 radical (unpaired) electrons. The smallest absolute Gasteiger partial charge is 0.295 e. The number of aliphatic hydroxyl groups excluding tert-OH is 1. The van der Waals surface area contributed by atoms with E-state index in [0.29, 0.717) is 35.8 Å². The molecule has 1 saturated heterocycles. The van der Waals surface area contributed by atoms with Crippen molar-refractivity contribution < 1.29 is 28.9 Å². The summed E-state index contributed by atoms with van der Waals surface area (Å²) in [4.78, 5) is 27.6. The second kappa shape index (κ2) is 8.90. The van der Waals surface area contributed by atoms with Gasteiger partial charge in [-0.25, -0.2) is 0 Å². The number of hydrogen-bond acceptors (Lipinski definition) is 6. The van der Waals surface area contributed by atoms with E-state index in [2.05, 4.69) is 0 Å². The molecule has 1 unspecified atom stereocenters. The maximum absolute atomic E-state index is 13.1. The molecule has 1 N–H and O–H groups in total. The zero-order valence-corrected chi connectivity index (χ0v) is 18.6. The number of fused-ring (bicyclic) bond motifs is 2. The van der Waals surface area contributed by atoms with Gasteiger partial charge < -0.3 is 24.2 Å². The molecular formula is C26H27NO6. The van der Waals surface area contributed by atoms with Crippen LogP contribution in [0.2, 0.25) is 0 Å². The van der Waals surface area contributed by atoms with E-state index in [1.54, 1.807) is 19.2 Å². The molecule has 0 saturated carbocycles. The first-order valence-corrected chi connectivity index (χ1v) is 11.4. The summed E-state index contributed by atoms with van der Waals surface area (Å²) in [6.07, 6.45) is 4.24. The highest BCUT2D eigenvalue weighted by Crippen LogP contribution is 2.42. The standard InChI is InChI=1S/C26H27NO6/c1-31-11-10-27-23(18-8-9-20-21(15-18)33-13-12-32-20)22(25(29)26(27)30)24(28)19-7-6-16-4-2-3-5-17(16)14-19/h6-9,14-15,23,28H,2-5,10-13H2,1H3/b24-22-. The Hall–Kier alpha value is -3.32. The van der Waals surface area contributed by atoms with Gasteiger partial charge in [0, 0.05) is 19.2 Å². The number of Topliss-reactive ketones (excluding diaryl/α,β-unsaturated/α-hetero) is 1. The van der Waals surface area contributed by atoms with Crippen molar-refractivity contribution in [2.24, 2.45) is 0 Å². The molecule has 1 amide bonds. The van der Waals surface area contributed by atoms with Gasteiger partial charge in [-0.05, 0) is 60.6 Å². The zero-order valence-electron chi connectivity index (χ0n) is 18.6. The molecule has 1 fully saturated rings. The van der Waals surface area contributed by atoms with Crippen LogP contribution in [0.25, 0.3) is 5.76 Å². The Morgan fingerprint density at radius 1 is 1.03 bits per heavy atom. The highest BCUT2D eigenvalue weighted by molar-refractivity contribution is 6.46. The number of amides is 1. The molecule has 0 spiro atoms. The van der Waals surface area contributed by atoms with E-state index in [9.17, 15) is 14.7 Å². The quantitative estimate of drug-likeness (QED) is 0.428. The molecule has 33 heavy (non-hydrogen) atoms. The predicted octanol–water partition coefficient (Wildman–Crippen LogP) is 3.40. The average molecular weight is 450 g/mol. The van der Waals surface area contributed by atoms with E-state index in [4.69, 9.17) is 14.2 Å². The predicted molar refractivity (Wildman–Crippen MR) is 121 cm³/mol. The van der Waals surface area contributed by atoms with Gasteiger partial charge in [-0.15, -0.1) is 0 Å². The Balaban J connectivity index is 1.62. The van der Waals surface area contributed by atoms with Gasteiger partial charge in [0.2, 0.25) is 0 Å². The van der Waals surface area contributed by atoms with Crippen molar-refractivity contribution in [3.63, 3.8) is 0 Å². The van der Waals surface area contributed by atoms with Crippen LogP contribution in [-0.4, -0.2) is 55.2 Å². The van der Waals surface area contributed by atoms with Crippen LogP contribution in [0.1, 0.15) is 41.1 Å². The van der Waals surface area contributed by atoms with E-state index < -0.39 is 17.7 Å². The molecule has 1 aliphatic carbocycles. The number of ether oxygens (including phenoxy) is 3. The number of carbonyl (C=O) groups excluding carboxylic acids is 2. The topological polar surface area (TPSA) is 85.3 Å². The van der Waals surface area contributed by atoms with Crippen LogP contribution >= 0.6 is 0 Å². The van der Waals surface area contributed by atoms with Crippen molar-refractivity contribution in [1.82, 2.24) is 4.90 Å². The highest BCUT2D eigenvalue weighted by atomic mass is 16.6. The summed E-state index contributed by atoms with van der Waals surface area (Å²) in [5.41, 5.74) is 3.79. The van der Waals surface area contributed by atoms with Crippen molar-refractivity contribution in [2.45, 2.75) is 31.7 Å². The number of aryl methyl sites for hydroxylation is 2. The van der Waals surface area contributed by atoms with E-state index in [1.165, 1.54) is 16.0 Å². The van der Waals surface area contributed by atoms with E-state index in [0.717, 1.165) is 25.7 Å². The number of benzene rings is 2. The maximum atomic E-state index is 13.1. The van der Waals surface area contributed by atoms with Crippen molar-refractivity contribution >= 4 is 17.4 Å². The normalized spacial score (nSPS) is 21.2. The van der Waals surface area contributed by atoms with Crippen molar-refractivity contribution in [1.29, 1.82) is 0 Å². The molecule has 172 valence electrons. The number of nitrogens with zero attached hydrogens (tertiary/aromatic N) is 1. The Morgan fingerprint density at radius 3 is 2.58 bits per heavy atom. The lowest BCUT2D eigenvalue weighted by atomic mass is 9.88. The molecule has 5 rings (SSSR count). The minimum Gasteiger partial charge on any atom is -0.507 e. The molecule has 2 aromatic carbocycles. The monoisotopic (exact) mass is 449 g/mol. The fourth-order valence-electron chi connectivity index (χ4n) is 4.91. The minimum absolute atomic E-state index is 0.0866. The molecule has 2 aliphatic heterocycles. The molecule has 0 bridgehead atoms. The molecule has 7 nitrogen and oxygen atoms in total. The Kier molecular flexibility index (Phi) is 5.81. The summed E-state index contributed by atoms with van der Waals surface area (Å²) in [6.45, 7) is 1.39. The number of carbonyl (C=O) groups is 2. The van der Waals surface area contributed by atoms with E-state index in [-0.39, 0.29) is 24.5 Å². The third-order valence-corrected chi connectivity index (χ3v) is 6.58. The number of aliphatic hydroxyl groups is 1. The molecule has 3 aliphatic rings. The maximum Gasteiger partial charge on any atom is 0.295 e. The van der Waals surface area contributed by atoms with Crippen LogP contribution in [0.3, 0.4) is 0 Å². The van der Waals surface area contributed by atoms with Crippen LogP contribution < -0.4 is 9.47 Å². The second-order valence-corrected chi connectivity index (χ2v) is 8.58. The average Bonchev–Trinajstić information content (AvgIpc) is 3.11. The number of hydrogen-bond donors (Lipinski definition) is 1. The lowest BCUT2D eigenvalue weighted by Gasteiger charge is -2.26. The molecule has 2 heterocycles. The number of rotatable bonds is 5. The van der Waals surface area contributed by atoms with Gasteiger partial charge in [0.1, 0.15) is 19.0 Å². The first-order chi connectivity index (χ1) is 16.1. The van der Waals surface area contributed by atoms with Gasteiger partial charge in [-0.1, -0.05) is 18.2 Å². The summed E-state index contributed by atoms with van der Waals surface area (Å²) >= 11 is 0. The number of methoxy groups -OCH3 is 1. The van der Waals surface area contributed by atoms with Gasteiger partial charge in [0.15, 0.2) is 11.5 Å². The summed E-state index contributed by atoms with van der Waals surface area (Å²) in [5, 5.41) is 11.3. The first-order valence-electron chi connectivity index (χ1n) is 11.4. The molecule has 1 atom stereocenters. The minimum atomic E-state index is -0.744. The highest BCUT2D eigenvalue weighted by Gasteiger charge is 2.46. The van der Waals surface area contributed by atoms with Crippen molar-refractivity contribution in [2.75, 3.05) is 33.5 Å². The van der Waals surface area contributed by atoms with Crippen LogP contribution in [-0.2, 0) is 27.2 Å². The van der Waals surface area contributed by atoms with Gasteiger partial charge in [-0.2, -0.15) is 0 Å². The van der Waals surface area contributed by atoms with Gasteiger partial charge >= 0.3 is 0 Å². The summed E-state index contributed by atoms with van der Waals surface area (Å²) in [6, 6.07) is 10.4. The van der Waals surface area contributed by atoms with Gasteiger partial charge in [0.05, 0.1) is 18.2 Å². The SMILES string of the molecule is COCCN1C(=O)C(=O)/C(=C(\O)c2ccc3c(c2)CCCC3)C1c1ccc2c(c1)OCCO2. The molecular weight excluding hydrogens is 422 g/mol. The zero-order chi connectivity index (χ0) is 22.9. The third-order valence-electron chi connectivity index (χ3n) is 6.58. The van der Waals surface area contributed by atoms with Gasteiger partial charge in [0.25, 0.3) is 11.7 Å².